The average Bonchev–Trinajstić information content (AvgIpc) is 2.38. The number of hydrogen-bond acceptors (Lipinski definition) is 3. The molecule has 0 N–H and O–H groups in total. The summed E-state index contributed by atoms with van der Waals surface area (Å²) < 4.78 is 11.6. The van der Waals surface area contributed by atoms with Gasteiger partial charge in [0.2, 0.25) is 0 Å². The maximum absolute atomic E-state index is 11.1. The van der Waals surface area contributed by atoms with E-state index in [1.807, 2.05) is 36.4 Å². The van der Waals surface area contributed by atoms with E-state index < -0.39 is 0 Å². The maximum Gasteiger partial charge on any atom is 0.308 e. The first kappa shape index (κ1) is 13.6. The molecule has 0 bridgehead atoms. The number of benzene rings is 2. The molecule has 0 unspecified atom stereocenters. The fourth-order valence-electron chi connectivity index (χ4n) is 1.57. The zero-order chi connectivity index (χ0) is 13.7. The van der Waals surface area contributed by atoms with Gasteiger partial charge in [-0.05, 0) is 23.8 Å². The lowest BCUT2D eigenvalue weighted by Crippen LogP contribution is -2.04. The standard InChI is InChI=1S/C15H13BrO3/c1-11(17)19-15-9-13(16)7-8-14(15)18-10-12-5-3-2-4-6-12/h2-9H,10H2,1H3. The first-order valence-electron chi connectivity index (χ1n) is 5.80. The number of esters is 1. The minimum Gasteiger partial charge on any atom is -0.485 e. The van der Waals surface area contributed by atoms with Crippen molar-refractivity contribution in [3.05, 3.63) is 58.6 Å². The number of carbonyl (C=O) groups excluding carboxylic acids is 1. The van der Waals surface area contributed by atoms with E-state index in [2.05, 4.69) is 15.9 Å². The van der Waals surface area contributed by atoms with Crippen molar-refractivity contribution in [2.45, 2.75) is 13.5 Å². The van der Waals surface area contributed by atoms with Gasteiger partial charge >= 0.3 is 5.97 Å². The monoisotopic (exact) mass is 320 g/mol. The van der Waals surface area contributed by atoms with Gasteiger partial charge in [0.15, 0.2) is 11.5 Å². The Kier molecular flexibility index (Phi) is 4.58. The largest absolute Gasteiger partial charge is 0.485 e. The van der Waals surface area contributed by atoms with Gasteiger partial charge in [-0.3, -0.25) is 4.79 Å². The molecule has 0 saturated carbocycles. The minimum absolute atomic E-state index is 0.373. The number of carbonyl (C=O) groups is 1. The third-order valence-electron chi connectivity index (χ3n) is 2.40. The van der Waals surface area contributed by atoms with Crippen LogP contribution in [0.4, 0.5) is 0 Å². The molecular weight excluding hydrogens is 308 g/mol. The van der Waals surface area contributed by atoms with Gasteiger partial charge in [-0.2, -0.15) is 0 Å². The summed E-state index contributed by atoms with van der Waals surface area (Å²) in [6.45, 7) is 1.79. The van der Waals surface area contributed by atoms with Gasteiger partial charge in [-0.1, -0.05) is 46.3 Å². The van der Waals surface area contributed by atoms with Gasteiger partial charge < -0.3 is 9.47 Å². The normalized spacial score (nSPS) is 10.0. The number of hydrogen-bond donors (Lipinski definition) is 0. The summed E-state index contributed by atoms with van der Waals surface area (Å²) >= 11 is 3.34. The predicted molar refractivity (Wildman–Crippen MR) is 76.2 cm³/mol. The molecule has 19 heavy (non-hydrogen) atoms. The second kappa shape index (κ2) is 6.38. The molecular formula is C15H13BrO3. The molecule has 0 aromatic heterocycles. The van der Waals surface area contributed by atoms with Crippen molar-refractivity contribution in [3.8, 4) is 11.5 Å². The van der Waals surface area contributed by atoms with E-state index in [-0.39, 0.29) is 5.97 Å². The van der Waals surface area contributed by atoms with Crippen LogP contribution in [0.25, 0.3) is 0 Å². The van der Waals surface area contributed by atoms with E-state index in [0.717, 1.165) is 10.0 Å². The molecule has 0 amide bonds. The second-order valence-corrected chi connectivity index (χ2v) is 4.87. The van der Waals surface area contributed by atoms with Crippen LogP contribution in [0.3, 0.4) is 0 Å². The van der Waals surface area contributed by atoms with Crippen molar-refractivity contribution < 1.29 is 14.3 Å². The molecule has 0 aliphatic heterocycles. The first-order valence-corrected chi connectivity index (χ1v) is 6.59. The average molecular weight is 321 g/mol. The molecule has 0 atom stereocenters. The fourth-order valence-corrected chi connectivity index (χ4v) is 1.91. The summed E-state index contributed by atoms with van der Waals surface area (Å²) in [5.74, 6) is 0.586. The fraction of sp³-hybridized carbons (Fsp3) is 0.133. The zero-order valence-electron chi connectivity index (χ0n) is 10.4. The van der Waals surface area contributed by atoms with Crippen LogP contribution in [-0.2, 0) is 11.4 Å². The molecule has 98 valence electrons. The molecule has 4 heteroatoms. The van der Waals surface area contributed by atoms with Crippen LogP contribution in [-0.4, -0.2) is 5.97 Å². The Morgan fingerprint density at radius 3 is 2.53 bits per heavy atom. The highest BCUT2D eigenvalue weighted by Gasteiger charge is 2.08. The van der Waals surface area contributed by atoms with Crippen molar-refractivity contribution in [3.63, 3.8) is 0 Å². The number of ether oxygens (including phenoxy) is 2. The summed E-state index contributed by atoms with van der Waals surface area (Å²) in [6, 6.07) is 15.1. The predicted octanol–water partition coefficient (Wildman–Crippen LogP) is 3.95. The minimum atomic E-state index is -0.373. The van der Waals surface area contributed by atoms with Crippen LogP contribution in [0.15, 0.2) is 53.0 Å². The Balaban J connectivity index is 2.13. The molecule has 2 aromatic carbocycles. The molecule has 2 rings (SSSR count). The van der Waals surface area contributed by atoms with E-state index >= 15 is 0 Å². The topological polar surface area (TPSA) is 35.5 Å². The van der Waals surface area contributed by atoms with Crippen molar-refractivity contribution in [1.29, 1.82) is 0 Å². The van der Waals surface area contributed by atoms with Gasteiger partial charge in [0.05, 0.1) is 0 Å². The number of rotatable bonds is 4. The van der Waals surface area contributed by atoms with Crippen LogP contribution in [0.2, 0.25) is 0 Å². The summed E-state index contributed by atoms with van der Waals surface area (Å²) in [5, 5.41) is 0. The van der Waals surface area contributed by atoms with Crippen LogP contribution < -0.4 is 9.47 Å². The molecule has 0 fully saturated rings. The lowest BCUT2D eigenvalue weighted by atomic mass is 10.2. The molecule has 0 aliphatic rings. The summed E-state index contributed by atoms with van der Waals surface area (Å²) in [6.07, 6.45) is 0. The SMILES string of the molecule is CC(=O)Oc1cc(Br)ccc1OCc1ccccc1. The van der Waals surface area contributed by atoms with Crippen LogP contribution in [0.5, 0.6) is 11.5 Å². The molecule has 2 aromatic rings. The van der Waals surface area contributed by atoms with Gasteiger partial charge in [-0.15, -0.1) is 0 Å². The molecule has 0 heterocycles. The molecule has 0 radical (unpaired) electrons. The Hall–Kier alpha value is -1.81. The Morgan fingerprint density at radius 2 is 1.84 bits per heavy atom. The first-order chi connectivity index (χ1) is 9.15. The van der Waals surface area contributed by atoms with Crippen LogP contribution in [0, 0.1) is 0 Å². The van der Waals surface area contributed by atoms with Gasteiger partial charge in [0, 0.05) is 11.4 Å². The maximum atomic E-state index is 11.1. The number of halogens is 1. The highest BCUT2D eigenvalue weighted by Crippen LogP contribution is 2.31. The van der Waals surface area contributed by atoms with Crippen LogP contribution in [0.1, 0.15) is 12.5 Å². The third kappa shape index (κ3) is 4.10. The van der Waals surface area contributed by atoms with E-state index in [0.29, 0.717) is 18.1 Å². The Morgan fingerprint density at radius 1 is 1.11 bits per heavy atom. The second-order valence-electron chi connectivity index (χ2n) is 3.96. The lowest BCUT2D eigenvalue weighted by molar-refractivity contribution is -0.132. The Bertz CT molecular complexity index is 567. The summed E-state index contributed by atoms with van der Waals surface area (Å²) in [5.41, 5.74) is 1.05. The smallest absolute Gasteiger partial charge is 0.308 e. The van der Waals surface area contributed by atoms with Crippen LogP contribution >= 0.6 is 15.9 Å². The quantitative estimate of drug-likeness (QED) is 0.632. The highest BCUT2D eigenvalue weighted by atomic mass is 79.9. The molecule has 0 spiro atoms. The lowest BCUT2D eigenvalue weighted by Gasteiger charge is -2.11. The third-order valence-corrected chi connectivity index (χ3v) is 2.89. The van der Waals surface area contributed by atoms with E-state index in [1.54, 1.807) is 12.1 Å². The Labute approximate surface area is 120 Å². The molecule has 0 aliphatic carbocycles. The van der Waals surface area contributed by atoms with E-state index in [9.17, 15) is 4.79 Å². The van der Waals surface area contributed by atoms with Gasteiger partial charge in [0.25, 0.3) is 0 Å². The zero-order valence-corrected chi connectivity index (χ0v) is 12.0. The summed E-state index contributed by atoms with van der Waals surface area (Å²) in [4.78, 5) is 11.1. The summed E-state index contributed by atoms with van der Waals surface area (Å²) in [7, 11) is 0. The van der Waals surface area contributed by atoms with E-state index in [1.165, 1.54) is 6.92 Å². The van der Waals surface area contributed by atoms with Crippen molar-refractivity contribution in [1.82, 2.24) is 0 Å². The van der Waals surface area contributed by atoms with Gasteiger partial charge in [-0.25, -0.2) is 0 Å². The highest BCUT2D eigenvalue weighted by molar-refractivity contribution is 9.10. The van der Waals surface area contributed by atoms with Gasteiger partial charge in [0.1, 0.15) is 6.61 Å². The molecule has 3 nitrogen and oxygen atoms in total. The van der Waals surface area contributed by atoms with Crippen molar-refractivity contribution in [2.24, 2.45) is 0 Å². The van der Waals surface area contributed by atoms with Crippen molar-refractivity contribution >= 4 is 21.9 Å². The van der Waals surface area contributed by atoms with E-state index in [4.69, 9.17) is 9.47 Å². The molecule has 0 saturated heterocycles. The van der Waals surface area contributed by atoms with Crippen molar-refractivity contribution in [2.75, 3.05) is 0 Å².